The minimum Gasteiger partial charge on any atom is -0.409 e. The summed E-state index contributed by atoms with van der Waals surface area (Å²) in [5, 5.41) is 21.4. The second-order valence-electron chi connectivity index (χ2n) is 4.51. The number of hydrogen-bond donors (Lipinski definition) is 3. The maximum atomic E-state index is 8.98. The fourth-order valence-electron chi connectivity index (χ4n) is 1.92. The molecule has 106 valence electrons. The molecule has 0 unspecified atom stereocenters. The van der Waals surface area contributed by atoms with Gasteiger partial charge in [0.1, 0.15) is 0 Å². The van der Waals surface area contributed by atoms with Crippen LogP contribution in [-0.4, -0.2) is 35.3 Å². The summed E-state index contributed by atoms with van der Waals surface area (Å²) in [6, 6.07) is 5.49. The molecule has 19 heavy (non-hydrogen) atoms. The number of rotatable bonds is 6. The van der Waals surface area contributed by atoms with E-state index in [4.69, 9.17) is 27.6 Å². The van der Waals surface area contributed by atoms with Crippen LogP contribution in [0.4, 0.5) is 5.69 Å². The lowest BCUT2D eigenvalue weighted by Gasteiger charge is -2.30. The summed E-state index contributed by atoms with van der Waals surface area (Å²) in [6.07, 6.45) is 0.649. The molecule has 0 heterocycles. The van der Waals surface area contributed by atoms with Gasteiger partial charge in [-0.05, 0) is 38.5 Å². The maximum Gasteiger partial charge on any atom is 0.172 e. The molecule has 0 spiro atoms. The van der Waals surface area contributed by atoms with E-state index in [1.54, 1.807) is 12.1 Å². The van der Waals surface area contributed by atoms with Crippen molar-refractivity contribution in [1.29, 1.82) is 0 Å². The van der Waals surface area contributed by atoms with Crippen LogP contribution in [0, 0.1) is 0 Å². The molecule has 0 amide bonds. The van der Waals surface area contributed by atoms with Crippen molar-refractivity contribution >= 4 is 23.1 Å². The summed E-state index contributed by atoms with van der Waals surface area (Å²) in [4.78, 5) is 2.08. The lowest BCUT2D eigenvalue weighted by atomic mass is 10.1. The van der Waals surface area contributed by atoms with E-state index in [2.05, 4.69) is 10.1 Å². The van der Waals surface area contributed by atoms with Crippen molar-refractivity contribution < 1.29 is 10.3 Å². The van der Waals surface area contributed by atoms with E-state index in [0.717, 1.165) is 5.69 Å². The lowest BCUT2D eigenvalue weighted by Crippen LogP contribution is -2.34. The molecule has 0 aliphatic heterocycles. The Bertz CT molecular complexity index is 450. The second-order valence-corrected chi connectivity index (χ2v) is 4.95. The van der Waals surface area contributed by atoms with Crippen LogP contribution < -0.4 is 10.6 Å². The van der Waals surface area contributed by atoms with Crippen molar-refractivity contribution in [1.82, 2.24) is 0 Å². The molecule has 0 aromatic heterocycles. The molecular formula is C13H20ClN3O2. The predicted molar refractivity (Wildman–Crippen MR) is 78.1 cm³/mol. The number of benzene rings is 1. The third kappa shape index (κ3) is 4.01. The number of anilines is 1. The third-order valence-electron chi connectivity index (χ3n) is 2.83. The molecule has 0 aliphatic carbocycles. The number of aliphatic hydroxyl groups excluding tert-OH is 1. The quantitative estimate of drug-likeness (QED) is 0.323. The molecule has 0 saturated heterocycles. The number of aliphatic hydroxyl groups is 1. The van der Waals surface area contributed by atoms with Crippen molar-refractivity contribution in [3.05, 3.63) is 28.8 Å². The monoisotopic (exact) mass is 285 g/mol. The van der Waals surface area contributed by atoms with E-state index in [9.17, 15) is 0 Å². The summed E-state index contributed by atoms with van der Waals surface area (Å²) >= 11 is 5.96. The molecule has 4 N–H and O–H groups in total. The second kappa shape index (κ2) is 7.21. The van der Waals surface area contributed by atoms with E-state index in [1.807, 2.05) is 19.9 Å². The van der Waals surface area contributed by atoms with E-state index in [0.29, 0.717) is 23.6 Å². The summed E-state index contributed by atoms with van der Waals surface area (Å²) in [5.41, 5.74) is 7.12. The highest BCUT2D eigenvalue weighted by atomic mass is 35.5. The van der Waals surface area contributed by atoms with Gasteiger partial charge in [0.25, 0.3) is 0 Å². The molecule has 6 heteroatoms. The fourth-order valence-corrected chi connectivity index (χ4v) is 2.09. The van der Waals surface area contributed by atoms with Gasteiger partial charge in [0.2, 0.25) is 0 Å². The molecule has 0 saturated carbocycles. The highest BCUT2D eigenvalue weighted by Crippen LogP contribution is 2.26. The number of oxime groups is 1. The predicted octanol–water partition coefficient (Wildman–Crippen LogP) is 2.03. The van der Waals surface area contributed by atoms with Crippen molar-refractivity contribution in [3.8, 4) is 0 Å². The molecule has 1 aromatic carbocycles. The number of amidine groups is 1. The summed E-state index contributed by atoms with van der Waals surface area (Å²) in [5.74, 6) is 0.0205. The molecule has 0 radical (unpaired) electrons. The van der Waals surface area contributed by atoms with Gasteiger partial charge in [-0.25, -0.2) is 0 Å². The average Bonchev–Trinajstić information content (AvgIpc) is 2.39. The zero-order valence-corrected chi connectivity index (χ0v) is 11.9. The van der Waals surface area contributed by atoms with Gasteiger partial charge in [-0.1, -0.05) is 16.8 Å². The maximum absolute atomic E-state index is 8.98. The molecule has 0 atom stereocenters. The Balaban J connectivity index is 3.21. The Hall–Kier alpha value is -1.46. The normalized spacial score (nSPS) is 11.9. The van der Waals surface area contributed by atoms with E-state index in [1.165, 1.54) is 0 Å². The Morgan fingerprint density at radius 2 is 2.16 bits per heavy atom. The Labute approximate surface area is 118 Å². The Morgan fingerprint density at radius 1 is 1.47 bits per heavy atom. The van der Waals surface area contributed by atoms with Crippen LogP contribution in [-0.2, 0) is 0 Å². The third-order valence-corrected chi connectivity index (χ3v) is 3.07. The van der Waals surface area contributed by atoms with Crippen molar-refractivity contribution in [2.45, 2.75) is 26.3 Å². The summed E-state index contributed by atoms with van der Waals surface area (Å²) < 4.78 is 0. The average molecular weight is 286 g/mol. The fraction of sp³-hybridized carbons (Fsp3) is 0.462. The SMILES string of the molecule is CC(C)N(CCCO)c1ccc(Cl)cc1C(N)=NO. The molecule has 1 aromatic rings. The van der Waals surface area contributed by atoms with Gasteiger partial charge in [-0.3, -0.25) is 0 Å². The molecule has 0 aliphatic rings. The standard InChI is InChI=1S/C13H20ClN3O2/c1-9(2)17(6-3-7-18)12-5-4-10(14)8-11(12)13(15)16-19/h4-5,8-9,18-19H,3,6-7H2,1-2H3,(H2,15,16). The Kier molecular flexibility index (Phi) is 5.92. The van der Waals surface area contributed by atoms with Gasteiger partial charge in [0.15, 0.2) is 5.84 Å². The van der Waals surface area contributed by atoms with Crippen LogP contribution in [0.15, 0.2) is 23.4 Å². The molecular weight excluding hydrogens is 266 g/mol. The highest BCUT2D eigenvalue weighted by Gasteiger charge is 2.16. The molecule has 5 nitrogen and oxygen atoms in total. The van der Waals surface area contributed by atoms with Gasteiger partial charge in [-0.2, -0.15) is 0 Å². The van der Waals surface area contributed by atoms with E-state index in [-0.39, 0.29) is 18.5 Å². The zero-order valence-electron chi connectivity index (χ0n) is 11.2. The van der Waals surface area contributed by atoms with Crippen LogP contribution in [0.25, 0.3) is 0 Å². The number of nitrogens with zero attached hydrogens (tertiary/aromatic N) is 2. The first-order valence-electron chi connectivity index (χ1n) is 6.16. The first-order valence-corrected chi connectivity index (χ1v) is 6.54. The molecule has 0 fully saturated rings. The summed E-state index contributed by atoms with van der Waals surface area (Å²) in [6.45, 7) is 4.89. The van der Waals surface area contributed by atoms with Crippen LogP contribution in [0.1, 0.15) is 25.8 Å². The largest absolute Gasteiger partial charge is 0.409 e. The number of nitrogens with two attached hydrogens (primary N) is 1. The zero-order chi connectivity index (χ0) is 14.4. The molecule has 1 rings (SSSR count). The van der Waals surface area contributed by atoms with Crippen molar-refractivity contribution in [2.24, 2.45) is 10.9 Å². The number of halogens is 1. The summed E-state index contributed by atoms with van der Waals surface area (Å²) in [7, 11) is 0. The van der Waals surface area contributed by atoms with Crippen LogP contribution >= 0.6 is 11.6 Å². The first-order chi connectivity index (χ1) is 9.01. The van der Waals surface area contributed by atoms with Gasteiger partial charge in [0, 0.05) is 35.5 Å². The first kappa shape index (κ1) is 15.6. The van der Waals surface area contributed by atoms with E-state index < -0.39 is 0 Å². The van der Waals surface area contributed by atoms with Crippen LogP contribution in [0.3, 0.4) is 0 Å². The van der Waals surface area contributed by atoms with Crippen LogP contribution in [0.2, 0.25) is 5.02 Å². The minimum atomic E-state index is 0.0205. The van der Waals surface area contributed by atoms with Gasteiger partial charge < -0.3 is 20.9 Å². The van der Waals surface area contributed by atoms with Gasteiger partial charge >= 0.3 is 0 Å². The topological polar surface area (TPSA) is 82.1 Å². The smallest absolute Gasteiger partial charge is 0.172 e. The van der Waals surface area contributed by atoms with Crippen molar-refractivity contribution in [2.75, 3.05) is 18.1 Å². The van der Waals surface area contributed by atoms with Crippen molar-refractivity contribution in [3.63, 3.8) is 0 Å². The lowest BCUT2D eigenvalue weighted by molar-refractivity contribution is 0.288. The highest BCUT2D eigenvalue weighted by molar-refractivity contribution is 6.31. The Morgan fingerprint density at radius 3 is 2.68 bits per heavy atom. The minimum absolute atomic E-state index is 0.0205. The van der Waals surface area contributed by atoms with Gasteiger partial charge in [0.05, 0.1) is 0 Å². The molecule has 0 bridgehead atoms. The van der Waals surface area contributed by atoms with E-state index >= 15 is 0 Å². The van der Waals surface area contributed by atoms with Crippen LogP contribution in [0.5, 0.6) is 0 Å². The number of hydrogen-bond acceptors (Lipinski definition) is 4. The van der Waals surface area contributed by atoms with Gasteiger partial charge in [-0.15, -0.1) is 0 Å².